The summed E-state index contributed by atoms with van der Waals surface area (Å²) in [5, 5.41) is 9.33. The van der Waals surface area contributed by atoms with Crippen molar-refractivity contribution in [1.82, 2.24) is 0 Å². The highest BCUT2D eigenvalue weighted by atomic mass is 19.1. The predicted molar refractivity (Wildman–Crippen MR) is 80.0 cm³/mol. The van der Waals surface area contributed by atoms with Crippen LogP contribution in [0.25, 0.3) is 22.6 Å². The summed E-state index contributed by atoms with van der Waals surface area (Å²) in [6.07, 6.45) is 0. The normalized spacial score (nSPS) is 10.4. The van der Waals surface area contributed by atoms with E-state index in [2.05, 4.69) is 11.1 Å². The van der Waals surface area contributed by atoms with Crippen molar-refractivity contribution in [3.8, 4) is 28.7 Å². The molecule has 22 heavy (non-hydrogen) atoms. The average molecular weight is 294 g/mol. The van der Waals surface area contributed by atoms with Gasteiger partial charge in [0.05, 0.1) is 0 Å². The summed E-state index contributed by atoms with van der Waals surface area (Å²) in [5.74, 6) is 1.31. The lowest BCUT2D eigenvalue weighted by Crippen LogP contribution is -2.16. The Morgan fingerprint density at radius 3 is 2.50 bits per heavy atom. The van der Waals surface area contributed by atoms with Gasteiger partial charge in [-0.3, -0.25) is 5.73 Å². The molecule has 3 rings (SSSR count). The number of nitriles is 1. The Bertz CT molecular complexity index is 876. The van der Waals surface area contributed by atoms with Crippen molar-refractivity contribution in [1.29, 1.82) is 5.26 Å². The highest BCUT2D eigenvalue weighted by Gasteiger charge is 2.18. The largest absolute Gasteiger partial charge is 0.458 e. The Balaban J connectivity index is 2.21. The number of hydrogen-bond donors (Lipinski definition) is 1. The third-order valence-electron chi connectivity index (χ3n) is 3.37. The fourth-order valence-electron chi connectivity index (χ4n) is 2.29. The molecule has 3 aromatic rings. The van der Waals surface area contributed by atoms with Crippen LogP contribution in [0.5, 0.6) is 0 Å². The van der Waals surface area contributed by atoms with E-state index in [9.17, 15) is 9.65 Å². The monoisotopic (exact) mass is 294 g/mol. The minimum absolute atomic E-state index is 0.244. The zero-order valence-electron chi connectivity index (χ0n) is 11.9. The van der Waals surface area contributed by atoms with Gasteiger partial charge in [0.2, 0.25) is 0 Å². The molecule has 4 nitrogen and oxygen atoms in total. The lowest BCUT2D eigenvalue weighted by Gasteiger charge is -2.06. The van der Waals surface area contributed by atoms with Crippen LogP contribution in [0.2, 0.25) is 0 Å². The van der Waals surface area contributed by atoms with Crippen molar-refractivity contribution < 1.29 is 13.8 Å². The van der Waals surface area contributed by atoms with Crippen LogP contribution in [0.4, 0.5) is 10.2 Å². The Morgan fingerprint density at radius 1 is 1.18 bits per heavy atom. The molecule has 2 aromatic heterocycles. The third kappa shape index (κ3) is 2.42. The molecule has 0 saturated carbocycles. The molecule has 3 N–H and O–H groups in total. The molecule has 0 atom stereocenters. The molecular weight excluding hydrogens is 281 g/mol. The summed E-state index contributed by atoms with van der Waals surface area (Å²) in [7, 11) is 0. The highest BCUT2D eigenvalue weighted by molar-refractivity contribution is 5.76. The minimum Gasteiger partial charge on any atom is -0.458 e. The molecule has 0 fully saturated rings. The topological polar surface area (TPSA) is 77.1 Å². The zero-order chi connectivity index (χ0) is 15.7. The maximum atomic E-state index is 13.1. The SMILES string of the molecule is Cc1ccc(-c2cc(-c3ccc(F)cc3)c(C#N)c(N)[nH+]2)o1. The van der Waals surface area contributed by atoms with Crippen LogP contribution in [0.1, 0.15) is 11.3 Å². The quantitative estimate of drug-likeness (QED) is 0.787. The van der Waals surface area contributed by atoms with Gasteiger partial charge in [0.1, 0.15) is 23.2 Å². The second-order valence-electron chi connectivity index (χ2n) is 4.91. The van der Waals surface area contributed by atoms with Crippen LogP contribution in [-0.2, 0) is 0 Å². The third-order valence-corrected chi connectivity index (χ3v) is 3.37. The summed E-state index contributed by atoms with van der Waals surface area (Å²) in [4.78, 5) is 2.97. The molecule has 0 bridgehead atoms. The molecule has 1 aromatic carbocycles. The van der Waals surface area contributed by atoms with E-state index in [0.717, 1.165) is 5.76 Å². The van der Waals surface area contributed by atoms with E-state index in [1.807, 2.05) is 19.1 Å². The van der Waals surface area contributed by atoms with Crippen LogP contribution < -0.4 is 10.7 Å². The predicted octanol–water partition coefficient (Wildman–Crippen LogP) is 3.33. The number of H-pyrrole nitrogens is 1. The second kappa shape index (κ2) is 5.34. The average Bonchev–Trinajstić information content (AvgIpc) is 2.94. The maximum Gasteiger partial charge on any atom is 0.289 e. The number of hydrogen-bond acceptors (Lipinski definition) is 3. The zero-order valence-corrected chi connectivity index (χ0v) is 11.9. The summed E-state index contributed by atoms with van der Waals surface area (Å²) in [6.45, 7) is 1.84. The number of nitrogens with two attached hydrogens (primary N) is 1. The molecule has 0 radical (unpaired) electrons. The first kappa shape index (κ1) is 13.8. The molecule has 5 heteroatoms. The number of aromatic amines is 1. The first-order valence-corrected chi connectivity index (χ1v) is 6.67. The molecule has 0 aliphatic carbocycles. The van der Waals surface area contributed by atoms with Crippen molar-refractivity contribution in [2.75, 3.05) is 5.73 Å². The Hall–Kier alpha value is -3.13. The van der Waals surface area contributed by atoms with Gasteiger partial charge >= 0.3 is 0 Å². The van der Waals surface area contributed by atoms with Gasteiger partial charge in [0.15, 0.2) is 11.5 Å². The lowest BCUT2D eigenvalue weighted by molar-refractivity contribution is -0.348. The van der Waals surface area contributed by atoms with Gasteiger partial charge in [0, 0.05) is 5.56 Å². The van der Waals surface area contributed by atoms with Gasteiger partial charge in [-0.15, -0.1) is 0 Å². The van der Waals surface area contributed by atoms with Gasteiger partial charge < -0.3 is 4.42 Å². The number of furan rings is 1. The fraction of sp³-hybridized carbons (Fsp3) is 0.0588. The van der Waals surface area contributed by atoms with Gasteiger partial charge in [0.25, 0.3) is 5.82 Å². The number of benzene rings is 1. The smallest absolute Gasteiger partial charge is 0.289 e. The van der Waals surface area contributed by atoms with Crippen LogP contribution >= 0.6 is 0 Å². The number of anilines is 1. The molecule has 0 amide bonds. The van der Waals surface area contributed by atoms with E-state index in [4.69, 9.17) is 10.2 Å². The number of aryl methyl sites for hydroxylation is 1. The summed E-state index contributed by atoms with van der Waals surface area (Å²) in [5.41, 5.74) is 8.26. The van der Waals surface area contributed by atoms with E-state index >= 15 is 0 Å². The molecule has 0 saturated heterocycles. The number of aromatic nitrogens is 1. The van der Waals surface area contributed by atoms with E-state index in [0.29, 0.717) is 28.1 Å². The first-order valence-electron chi connectivity index (χ1n) is 6.67. The van der Waals surface area contributed by atoms with E-state index < -0.39 is 0 Å². The summed E-state index contributed by atoms with van der Waals surface area (Å²) < 4.78 is 18.7. The molecule has 108 valence electrons. The Labute approximate surface area is 126 Å². The molecule has 0 unspecified atom stereocenters. The van der Waals surface area contributed by atoms with E-state index in [1.54, 1.807) is 18.2 Å². The molecule has 2 heterocycles. The van der Waals surface area contributed by atoms with Crippen molar-refractivity contribution in [2.24, 2.45) is 0 Å². The van der Waals surface area contributed by atoms with E-state index in [-0.39, 0.29) is 11.6 Å². The Morgan fingerprint density at radius 2 is 1.91 bits per heavy atom. The molecule has 0 aliphatic rings. The molecule has 0 spiro atoms. The van der Waals surface area contributed by atoms with Gasteiger partial charge in [-0.1, -0.05) is 12.1 Å². The first-order chi connectivity index (χ1) is 10.6. The number of nitrogens with one attached hydrogen (secondary N) is 1. The highest BCUT2D eigenvalue weighted by Crippen LogP contribution is 2.29. The number of halogens is 1. The van der Waals surface area contributed by atoms with Crippen LogP contribution in [-0.4, -0.2) is 0 Å². The van der Waals surface area contributed by atoms with Crippen molar-refractivity contribution in [2.45, 2.75) is 6.92 Å². The minimum atomic E-state index is -0.334. The van der Waals surface area contributed by atoms with Gasteiger partial charge in [-0.2, -0.15) is 5.26 Å². The van der Waals surface area contributed by atoms with E-state index in [1.165, 1.54) is 12.1 Å². The van der Waals surface area contributed by atoms with Crippen LogP contribution in [0.15, 0.2) is 46.9 Å². The van der Waals surface area contributed by atoms with Crippen molar-refractivity contribution >= 4 is 5.82 Å². The lowest BCUT2D eigenvalue weighted by atomic mass is 10.00. The van der Waals surface area contributed by atoms with Crippen molar-refractivity contribution in [3.05, 3.63) is 59.6 Å². The molecular formula is C17H13FN3O+. The summed E-state index contributed by atoms with van der Waals surface area (Å²) in [6, 6.07) is 13.4. The summed E-state index contributed by atoms with van der Waals surface area (Å²) >= 11 is 0. The second-order valence-corrected chi connectivity index (χ2v) is 4.91. The number of nitrogen functional groups attached to an aromatic ring is 1. The molecule has 0 aliphatic heterocycles. The van der Waals surface area contributed by atoms with Gasteiger partial charge in [-0.25, -0.2) is 9.37 Å². The number of pyridine rings is 1. The Kier molecular flexibility index (Phi) is 3.36. The van der Waals surface area contributed by atoms with Gasteiger partial charge in [-0.05, 0) is 42.8 Å². The fourth-order valence-corrected chi connectivity index (χ4v) is 2.29. The van der Waals surface area contributed by atoms with Crippen molar-refractivity contribution in [3.63, 3.8) is 0 Å². The van der Waals surface area contributed by atoms with Crippen LogP contribution in [0.3, 0.4) is 0 Å². The number of nitrogens with zero attached hydrogens (tertiary/aromatic N) is 1. The number of rotatable bonds is 2. The standard InChI is InChI=1S/C17H12FN3O/c1-10-2-7-16(22-10)15-8-13(14(9-19)17(20)21-15)11-3-5-12(18)6-4-11/h2-8H,1H3,(H2,20,21)/p+1. The maximum absolute atomic E-state index is 13.1. The van der Waals surface area contributed by atoms with Crippen LogP contribution in [0, 0.1) is 24.1 Å².